The molecule has 1 aliphatic rings. The van der Waals surface area contributed by atoms with Gasteiger partial charge in [-0.1, -0.05) is 12.8 Å². The fraction of sp³-hybridized carbons (Fsp3) is 0.714. The van der Waals surface area contributed by atoms with E-state index in [1.54, 1.807) is 17.9 Å². The Balaban J connectivity index is 1.86. The van der Waals surface area contributed by atoms with Gasteiger partial charge in [-0.25, -0.2) is 0 Å². The molecule has 1 aromatic rings. The van der Waals surface area contributed by atoms with Gasteiger partial charge >= 0.3 is 6.18 Å². The fourth-order valence-corrected chi connectivity index (χ4v) is 2.90. The molecule has 0 radical (unpaired) electrons. The molecule has 0 saturated heterocycles. The van der Waals surface area contributed by atoms with Gasteiger partial charge < -0.3 is 5.32 Å². The van der Waals surface area contributed by atoms with Crippen LogP contribution in [0, 0.1) is 11.8 Å². The predicted octanol–water partition coefficient (Wildman–Crippen LogP) is 2.45. The Labute approximate surface area is 121 Å². The third-order valence-corrected chi connectivity index (χ3v) is 3.99. The molecule has 0 aliphatic heterocycles. The van der Waals surface area contributed by atoms with E-state index in [-0.39, 0.29) is 6.42 Å². The van der Waals surface area contributed by atoms with Crippen molar-refractivity contribution in [2.45, 2.75) is 38.3 Å². The van der Waals surface area contributed by atoms with Crippen molar-refractivity contribution in [3.63, 3.8) is 0 Å². The number of alkyl halides is 3. The second-order valence-corrected chi connectivity index (χ2v) is 5.60. The molecule has 7 heteroatoms. The zero-order valence-corrected chi connectivity index (χ0v) is 12.0. The van der Waals surface area contributed by atoms with E-state index in [9.17, 15) is 18.0 Å². The minimum absolute atomic E-state index is 0.0597. The van der Waals surface area contributed by atoms with Gasteiger partial charge in [0.1, 0.15) is 0 Å². The van der Waals surface area contributed by atoms with Crippen LogP contribution in [-0.2, 0) is 18.3 Å². The summed E-state index contributed by atoms with van der Waals surface area (Å²) < 4.78 is 40.5. The minimum Gasteiger partial charge on any atom is -0.356 e. The van der Waals surface area contributed by atoms with E-state index in [0.717, 1.165) is 5.56 Å². The number of carbonyl (C=O) groups excluding carboxylic acids is 1. The van der Waals surface area contributed by atoms with E-state index < -0.39 is 23.9 Å². The summed E-state index contributed by atoms with van der Waals surface area (Å²) in [4.78, 5) is 12.0. The lowest BCUT2D eigenvalue weighted by Crippen LogP contribution is -2.43. The summed E-state index contributed by atoms with van der Waals surface area (Å²) in [5.41, 5.74) is 0.953. The van der Waals surface area contributed by atoms with Crippen molar-refractivity contribution < 1.29 is 18.0 Å². The first kappa shape index (κ1) is 15.9. The Bertz CT molecular complexity index is 484. The number of halogens is 3. The average Bonchev–Trinajstić information content (AvgIpc) is 2.83. The zero-order valence-electron chi connectivity index (χ0n) is 12.0. The van der Waals surface area contributed by atoms with Crippen LogP contribution in [0.1, 0.15) is 31.2 Å². The van der Waals surface area contributed by atoms with Crippen molar-refractivity contribution in [3.8, 4) is 0 Å². The molecule has 1 N–H and O–H groups in total. The van der Waals surface area contributed by atoms with Gasteiger partial charge in [-0.15, -0.1) is 0 Å². The van der Waals surface area contributed by atoms with E-state index in [0.29, 0.717) is 32.2 Å². The SMILES string of the molecule is Cn1cc(CCNC(=O)[C@@H]2CCCC[C@H]2C(F)(F)F)cn1. The van der Waals surface area contributed by atoms with Crippen molar-refractivity contribution in [2.75, 3.05) is 6.54 Å². The van der Waals surface area contributed by atoms with Gasteiger partial charge in [-0.05, 0) is 24.8 Å². The molecule has 4 nitrogen and oxygen atoms in total. The normalized spacial score (nSPS) is 23.0. The highest BCUT2D eigenvalue weighted by molar-refractivity contribution is 5.79. The van der Waals surface area contributed by atoms with Crippen LogP contribution in [0.15, 0.2) is 12.4 Å². The van der Waals surface area contributed by atoms with Gasteiger partial charge in [0.15, 0.2) is 0 Å². The number of nitrogens with zero attached hydrogens (tertiary/aromatic N) is 2. The highest BCUT2D eigenvalue weighted by Crippen LogP contribution is 2.41. The van der Waals surface area contributed by atoms with E-state index in [1.165, 1.54) is 0 Å². The highest BCUT2D eigenvalue weighted by atomic mass is 19.4. The number of hydrogen-bond donors (Lipinski definition) is 1. The summed E-state index contributed by atoms with van der Waals surface area (Å²) in [6.45, 7) is 0.339. The first-order valence-corrected chi connectivity index (χ1v) is 7.20. The predicted molar refractivity (Wildman–Crippen MR) is 71.4 cm³/mol. The van der Waals surface area contributed by atoms with Crippen LogP contribution in [0.3, 0.4) is 0 Å². The third-order valence-electron chi connectivity index (χ3n) is 3.99. The Morgan fingerprint density at radius 1 is 1.43 bits per heavy atom. The summed E-state index contributed by atoms with van der Waals surface area (Å²) >= 11 is 0. The molecule has 0 spiro atoms. The molecular weight excluding hydrogens is 283 g/mol. The third kappa shape index (κ3) is 4.22. The van der Waals surface area contributed by atoms with Crippen LogP contribution in [0.2, 0.25) is 0 Å². The summed E-state index contributed by atoms with van der Waals surface area (Å²) in [7, 11) is 1.79. The average molecular weight is 303 g/mol. The van der Waals surface area contributed by atoms with Gasteiger partial charge in [-0.3, -0.25) is 9.48 Å². The van der Waals surface area contributed by atoms with E-state index in [1.807, 2.05) is 6.20 Å². The number of nitrogens with one attached hydrogen (secondary N) is 1. The van der Waals surface area contributed by atoms with Crippen LogP contribution < -0.4 is 5.32 Å². The van der Waals surface area contributed by atoms with E-state index in [4.69, 9.17) is 0 Å². The Hall–Kier alpha value is -1.53. The molecule has 21 heavy (non-hydrogen) atoms. The smallest absolute Gasteiger partial charge is 0.356 e. The van der Waals surface area contributed by atoms with E-state index >= 15 is 0 Å². The van der Waals surface area contributed by atoms with Crippen LogP contribution in [0.5, 0.6) is 0 Å². The molecule has 118 valence electrons. The highest BCUT2D eigenvalue weighted by Gasteiger charge is 2.47. The van der Waals surface area contributed by atoms with Gasteiger partial charge in [0.05, 0.1) is 12.1 Å². The fourth-order valence-electron chi connectivity index (χ4n) is 2.90. The quantitative estimate of drug-likeness (QED) is 0.928. The molecule has 0 bridgehead atoms. The van der Waals surface area contributed by atoms with Crippen molar-refractivity contribution in [1.29, 1.82) is 0 Å². The molecule has 1 aromatic heterocycles. The Morgan fingerprint density at radius 2 is 2.14 bits per heavy atom. The molecule has 1 saturated carbocycles. The van der Waals surface area contributed by atoms with Gasteiger partial charge in [0.2, 0.25) is 5.91 Å². The Morgan fingerprint density at radius 3 is 2.76 bits per heavy atom. The summed E-state index contributed by atoms with van der Waals surface area (Å²) in [5, 5.41) is 6.64. The maximum Gasteiger partial charge on any atom is 0.392 e. The Kier molecular flexibility index (Phi) is 4.90. The number of carbonyl (C=O) groups is 1. The minimum atomic E-state index is -4.29. The molecular formula is C14H20F3N3O. The lowest BCUT2D eigenvalue weighted by Gasteiger charge is -2.31. The van der Waals surface area contributed by atoms with Gasteiger partial charge in [0, 0.05) is 25.7 Å². The first-order chi connectivity index (χ1) is 9.88. The van der Waals surface area contributed by atoms with Crippen molar-refractivity contribution in [1.82, 2.24) is 15.1 Å². The topological polar surface area (TPSA) is 46.9 Å². The number of hydrogen-bond acceptors (Lipinski definition) is 2. The molecule has 0 aromatic carbocycles. The second-order valence-electron chi connectivity index (χ2n) is 5.60. The standard InChI is InChI=1S/C14H20F3N3O/c1-20-9-10(8-19-20)6-7-18-13(21)11-4-2-3-5-12(11)14(15,16)17/h8-9,11-12H,2-7H2,1H3,(H,18,21)/t11-,12-/m1/s1. The lowest BCUT2D eigenvalue weighted by atomic mass is 9.78. The van der Waals surface area contributed by atoms with Crippen LogP contribution in [-0.4, -0.2) is 28.4 Å². The molecule has 1 fully saturated rings. The molecule has 1 amide bonds. The monoisotopic (exact) mass is 303 g/mol. The van der Waals surface area contributed by atoms with E-state index in [2.05, 4.69) is 10.4 Å². The van der Waals surface area contributed by atoms with Crippen LogP contribution in [0.4, 0.5) is 13.2 Å². The molecule has 2 rings (SSSR count). The molecule has 0 unspecified atom stereocenters. The largest absolute Gasteiger partial charge is 0.392 e. The maximum absolute atomic E-state index is 13.0. The summed E-state index contributed by atoms with van der Waals surface area (Å²) in [6.07, 6.45) is 1.41. The lowest BCUT2D eigenvalue weighted by molar-refractivity contribution is -0.198. The summed E-state index contributed by atoms with van der Waals surface area (Å²) in [6, 6.07) is 0. The van der Waals surface area contributed by atoms with Crippen molar-refractivity contribution in [3.05, 3.63) is 18.0 Å². The number of aromatic nitrogens is 2. The number of amides is 1. The van der Waals surface area contributed by atoms with Crippen molar-refractivity contribution >= 4 is 5.91 Å². The molecule has 2 atom stereocenters. The number of aryl methyl sites for hydroxylation is 1. The summed E-state index contributed by atoms with van der Waals surface area (Å²) in [5.74, 6) is -2.90. The molecule has 1 heterocycles. The van der Waals surface area contributed by atoms with Gasteiger partial charge in [-0.2, -0.15) is 18.3 Å². The van der Waals surface area contributed by atoms with Gasteiger partial charge in [0.25, 0.3) is 0 Å². The van der Waals surface area contributed by atoms with Crippen LogP contribution >= 0.6 is 0 Å². The van der Waals surface area contributed by atoms with Crippen LogP contribution in [0.25, 0.3) is 0 Å². The number of rotatable bonds is 4. The van der Waals surface area contributed by atoms with Crippen molar-refractivity contribution in [2.24, 2.45) is 18.9 Å². The maximum atomic E-state index is 13.0. The molecule has 1 aliphatic carbocycles. The zero-order chi connectivity index (χ0) is 15.5. The second kappa shape index (κ2) is 6.49. The first-order valence-electron chi connectivity index (χ1n) is 7.20.